The van der Waals surface area contributed by atoms with Crippen LogP contribution in [-0.2, 0) is 12.8 Å². The van der Waals surface area contributed by atoms with Crippen LogP contribution in [0.4, 0.5) is 0 Å². The third-order valence-corrected chi connectivity index (χ3v) is 6.01. The second-order valence-electron chi connectivity index (χ2n) is 6.58. The van der Waals surface area contributed by atoms with E-state index >= 15 is 0 Å². The molecule has 1 nitrogen and oxygen atoms in total. The number of rotatable bonds is 10. The van der Waals surface area contributed by atoms with Gasteiger partial charge in [0.05, 0.1) is 6.10 Å². The predicted octanol–water partition coefficient (Wildman–Crippen LogP) is 6.19. The molecule has 1 unspecified atom stereocenters. The second-order valence-corrected chi connectivity index (χ2v) is 7.75. The Morgan fingerprint density at radius 2 is 1.67 bits per heavy atom. The number of aliphatic hydroxyl groups excluding tert-OH is 1. The van der Waals surface area contributed by atoms with Gasteiger partial charge in [0.2, 0.25) is 0 Å². The van der Waals surface area contributed by atoms with E-state index in [0.717, 1.165) is 6.42 Å². The normalized spacial score (nSPS) is 15.9. The van der Waals surface area contributed by atoms with Crippen molar-refractivity contribution >= 4 is 11.3 Å². The standard InChI is InChI=1S/C19H32OS/c1-2-3-4-5-6-7-8-9-13-17(20)19-15-16-12-10-11-14-18(16)21-19/h15,17,20H,2-14H2,1H3. The van der Waals surface area contributed by atoms with E-state index in [0.29, 0.717) is 0 Å². The Labute approximate surface area is 134 Å². The first kappa shape index (κ1) is 17.0. The van der Waals surface area contributed by atoms with E-state index in [1.165, 1.54) is 87.5 Å². The number of aryl methyl sites for hydroxylation is 2. The molecule has 1 aliphatic carbocycles. The number of hydrogen-bond donors (Lipinski definition) is 1. The zero-order valence-electron chi connectivity index (χ0n) is 13.7. The van der Waals surface area contributed by atoms with Gasteiger partial charge in [-0.3, -0.25) is 0 Å². The SMILES string of the molecule is CCCCCCCCCCC(O)c1cc2c(s1)CCCC2. The van der Waals surface area contributed by atoms with Gasteiger partial charge in [-0.15, -0.1) is 11.3 Å². The van der Waals surface area contributed by atoms with Crippen LogP contribution < -0.4 is 0 Å². The zero-order valence-corrected chi connectivity index (χ0v) is 14.5. The molecule has 1 aliphatic rings. The summed E-state index contributed by atoms with van der Waals surface area (Å²) in [5.74, 6) is 0. The lowest BCUT2D eigenvalue weighted by atomic mass is 9.98. The zero-order chi connectivity index (χ0) is 14.9. The Balaban J connectivity index is 1.59. The van der Waals surface area contributed by atoms with Crippen LogP contribution in [0.25, 0.3) is 0 Å². The van der Waals surface area contributed by atoms with E-state index in [-0.39, 0.29) is 6.10 Å². The van der Waals surface area contributed by atoms with Gasteiger partial charge in [0.25, 0.3) is 0 Å². The fourth-order valence-corrected chi connectivity index (χ4v) is 4.57. The quantitative estimate of drug-likeness (QED) is 0.511. The Bertz CT molecular complexity index is 373. The van der Waals surface area contributed by atoms with Crippen molar-refractivity contribution in [1.29, 1.82) is 0 Å². The maximum atomic E-state index is 10.4. The first-order valence-electron chi connectivity index (χ1n) is 9.10. The largest absolute Gasteiger partial charge is 0.388 e. The highest BCUT2D eigenvalue weighted by Gasteiger charge is 2.17. The van der Waals surface area contributed by atoms with Crippen molar-refractivity contribution in [2.45, 2.75) is 96.5 Å². The average molecular weight is 309 g/mol. The smallest absolute Gasteiger partial charge is 0.0882 e. The monoisotopic (exact) mass is 308 g/mol. The van der Waals surface area contributed by atoms with E-state index in [2.05, 4.69) is 13.0 Å². The summed E-state index contributed by atoms with van der Waals surface area (Å²) in [6.07, 6.45) is 16.6. The van der Waals surface area contributed by atoms with E-state index in [9.17, 15) is 5.11 Å². The van der Waals surface area contributed by atoms with Crippen molar-refractivity contribution < 1.29 is 5.11 Å². The third kappa shape index (κ3) is 5.75. The van der Waals surface area contributed by atoms with Crippen molar-refractivity contribution in [3.05, 3.63) is 21.4 Å². The molecule has 0 bridgehead atoms. The molecule has 0 amide bonds. The van der Waals surface area contributed by atoms with Crippen molar-refractivity contribution in [2.24, 2.45) is 0 Å². The molecule has 120 valence electrons. The number of unbranched alkanes of at least 4 members (excludes halogenated alkanes) is 7. The Kier molecular flexibility index (Phi) is 7.81. The van der Waals surface area contributed by atoms with Gasteiger partial charge in [0.1, 0.15) is 0 Å². The van der Waals surface area contributed by atoms with Crippen molar-refractivity contribution in [2.75, 3.05) is 0 Å². The van der Waals surface area contributed by atoms with Crippen LogP contribution in [-0.4, -0.2) is 5.11 Å². The van der Waals surface area contributed by atoms with Gasteiger partial charge in [-0.05, 0) is 43.7 Å². The van der Waals surface area contributed by atoms with Gasteiger partial charge in [0, 0.05) is 9.75 Å². The molecule has 0 spiro atoms. The number of fused-ring (bicyclic) bond motifs is 1. The summed E-state index contributed by atoms with van der Waals surface area (Å²) in [5.41, 5.74) is 1.52. The van der Waals surface area contributed by atoms with Gasteiger partial charge < -0.3 is 5.11 Å². The van der Waals surface area contributed by atoms with Crippen LogP contribution in [0.3, 0.4) is 0 Å². The van der Waals surface area contributed by atoms with Gasteiger partial charge in [0.15, 0.2) is 0 Å². The number of hydrogen-bond acceptors (Lipinski definition) is 2. The minimum Gasteiger partial charge on any atom is -0.388 e. The minimum atomic E-state index is -0.208. The number of thiophene rings is 1. The Morgan fingerprint density at radius 1 is 1.00 bits per heavy atom. The molecule has 1 aromatic heterocycles. The average Bonchev–Trinajstić information content (AvgIpc) is 2.94. The molecular weight excluding hydrogens is 276 g/mol. The fraction of sp³-hybridized carbons (Fsp3) is 0.789. The highest BCUT2D eigenvalue weighted by molar-refractivity contribution is 7.12. The lowest BCUT2D eigenvalue weighted by molar-refractivity contribution is 0.167. The van der Waals surface area contributed by atoms with E-state index < -0.39 is 0 Å². The van der Waals surface area contributed by atoms with Gasteiger partial charge >= 0.3 is 0 Å². The van der Waals surface area contributed by atoms with E-state index in [1.807, 2.05) is 11.3 Å². The summed E-state index contributed by atoms with van der Waals surface area (Å²) in [4.78, 5) is 2.77. The molecule has 0 radical (unpaired) electrons. The van der Waals surface area contributed by atoms with Crippen LogP contribution in [0.2, 0.25) is 0 Å². The summed E-state index contributed by atoms with van der Waals surface area (Å²) in [7, 11) is 0. The molecule has 0 saturated carbocycles. The van der Waals surface area contributed by atoms with Crippen molar-refractivity contribution in [1.82, 2.24) is 0 Å². The first-order chi connectivity index (χ1) is 10.3. The summed E-state index contributed by atoms with van der Waals surface area (Å²) in [6.45, 7) is 2.27. The fourth-order valence-electron chi connectivity index (χ4n) is 3.29. The van der Waals surface area contributed by atoms with Crippen LogP contribution in [0.15, 0.2) is 6.07 Å². The molecule has 0 saturated heterocycles. The molecule has 0 aliphatic heterocycles. The molecule has 0 aromatic carbocycles. The minimum absolute atomic E-state index is 0.208. The summed E-state index contributed by atoms with van der Waals surface area (Å²) >= 11 is 1.87. The van der Waals surface area contributed by atoms with Crippen LogP contribution in [0.1, 0.15) is 99.0 Å². The maximum Gasteiger partial charge on any atom is 0.0882 e. The van der Waals surface area contributed by atoms with Crippen molar-refractivity contribution in [3.8, 4) is 0 Å². The van der Waals surface area contributed by atoms with Gasteiger partial charge in [-0.2, -0.15) is 0 Å². The lowest BCUT2D eigenvalue weighted by Gasteiger charge is -2.08. The lowest BCUT2D eigenvalue weighted by Crippen LogP contribution is -1.97. The third-order valence-electron chi connectivity index (χ3n) is 4.68. The molecular formula is C19H32OS. The number of aliphatic hydroxyl groups is 1. The molecule has 2 rings (SSSR count). The molecule has 1 N–H and O–H groups in total. The van der Waals surface area contributed by atoms with Gasteiger partial charge in [-0.25, -0.2) is 0 Å². The van der Waals surface area contributed by atoms with E-state index in [4.69, 9.17) is 0 Å². The highest BCUT2D eigenvalue weighted by Crippen LogP contribution is 2.34. The van der Waals surface area contributed by atoms with Crippen LogP contribution in [0.5, 0.6) is 0 Å². The van der Waals surface area contributed by atoms with Crippen LogP contribution >= 0.6 is 11.3 Å². The summed E-state index contributed by atoms with van der Waals surface area (Å²) in [6, 6.07) is 2.29. The molecule has 21 heavy (non-hydrogen) atoms. The predicted molar refractivity (Wildman–Crippen MR) is 93.1 cm³/mol. The molecule has 1 heterocycles. The molecule has 1 aromatic rings. The molecule has 1 atom stereocenters. The van der Waals surface area contributed by atoms with Gasteiger partial charge in [-0.1, -0.05) is 58.3 Å². The van der Waals surface area contributed by atoms with Crippen molar-refractivity contribution in [3.63, 3.8) is 0 Å². The summed E-state index contributed by atoms with van der Waals surface area (Å²) in [5, 5.41) is 10.4. The first-order valence-corrected chi connectivity index (χ1v) is 9.92. The summed E-state index contributed by atoms with van der Waals surface area (Å²) < 4.78 is 0. The highest BCUT2D eigenvalue weighted by atomic mass is 32.1. The van der Waals surface area contributed by atoms with Crippen LogP contribution in [0, 0.1) is 0 Å². The Hall–Kier alpha value is -0.340. The molecule has 0 fully saturated rings. The Morgan fingerprint density at radius 3 is 2.38 bits per heavy atom. The second kappa shape index (κ2) is 9.63. The topological polar surface area (TPSA) is 20.2 Å². The maximum absolute atomic E-state index is 10.4. The molecule has 2 heteroatoms. The van der Waals surface area contributed by atoms with E-state index in [1.54, 1.807) is 4.88 Å².